The number of hydrogen-bond donors (Lipinski definition) is 1. The molecule has 3 heteroatoms. The summed E-state index contributed by atoms with van der Waals surface area (Å²) >= 11 is 6.12. The van der Waals surface area contributed by atoms with E-state index in [9.17, 15) is 0 Å². The Hall–Kier alpha value is -2.32. The Morgan fingerprint density at radius 2 is 1.95 bits per heavy atom. The average molecular weight is 279 g/mol. The molecule has 0 radical (unpaired) electrons. The summed E-state index contributed by atoms with van der Waals surface area (Å²) in [5.41, 5.74) is 3.96. The van der Waals surface area contributed by atoms with Gasteiger partial charge in [-0.15, -0.1) is 0 Å². The topological polar surface area (TPSA) is 28.7 Å². The lowest BCUT2D eigenvalue weighted by molar-refractivity contribution is 1.40. The molecular formula is C17H11ClN2. The van der Waals surface area contributed by atoms with Crippen LogP contribution >= 0.6 is 11.6 Å². The first-order valence-electron chi connectivity index (χ1n) is 6.40. The largest absolute Gasteiger partial charge is 0.339 e. The number of nitrogens with one attached hydrogen (secondary N) is 1. The predicted octanol–water partition coefficient (Wildman–Crippen LogP) is 5.17. The number of H-pyrrole nitrogens is 1. The lowest BCUT2D eigenvalue weighted by Crippen LogP contribution is -1.86. The van der Waals surface area contributed by atoms with Crippen molar-refractivity contribution in [1.82, 2.24) is 9.97 Å². The number of para-hydroxylation sites is 1. The Labute approximate surface area is 120 Å². The van der Waals surface area contributed by atoms with Crippen LogP contribution in [0, 0.1) is 0 Å². The molecule has 4 rings (SSSR count). The normalized spacial score (nSPS) is 11.4. The molecule has 0 spiro atoms. The molecule has 96 valence electrons. The van der Waals surface area contributed by atoms with E-state index in [-0.39, 0.29) is 0 Å². The summed E-state index contributed by atoms with van der Waals surface area (Å²) < 4.78 is 0. The first-order chi connectivity index (χ1) is 9.78. The van der Waals surface area contributed by atoms with E-state index in [1.807, 2.05) is 36.4 Å². The van der Waals surface area contributed by atoms with Gasteiger partial charge in [-0.1, -0.05) is 42.5 Å². The molecule has 4 aromatic rings. The van der Waals surface area contributed by atoms with Gasteiger partial charge in [0.25, 0.3) is 0 Å². The molecule has 0 amide bonds. The molecule has 1 N–H and O–H groups in total. The maximum Gasteiger partial charge on any atom is 0.139 e. The molecule has 2 heterocycles. The van der Waals surface area contributed by atoms with E-state index in [4.69, 9.17) is 16.6 Å². The molecule has 0 fully saturated rings. The van der Waals surface area contributed by atoms with Crippen LogP contribution in [-0.2, 0) is 0 Å². The number of benzene rings is 2. The standard InChI is InChI=1S/C17H11ClN2/c1-2-11-13-9-10(18)7-8-15(13)20-17-16(11)12-5-3-4-6-14(12)19-17/h2-9H,1H2,(H,19,20). The monoisotopic (exact) mass is 278 g/mol. The zero-order valence-electron chi connectivity index (χ0n) is 10.7. The van der Waals surface area contributed by atoms with Gasteiger partial charge in [0.15, 0.2) is 0 Å². The third kappa shape index (κ3) is 1.49. The summed E-state index contributed by atoms with van der Waals surface area (Å²) in [6.07, 6.45) is 1.88. The molecule has 2 aromatic carbocycles. The minimum absolute atomic E-state index is 0.710. The highest BCUT2D eigenvalue weighted by molar-refractivity contribution is 6.31. The number of aromatic amines is 1. The van der Waals surface area contributed by atoms with E-state index >= 15 is 0 Å². The number of aromatic nitrogens is 2. The van der Waals surface area contributed by atoms with Crippen molar-refractivity contribution >= 4 is 50.5 Å². The van der Waals surface area contributed by atoms with Crippen LogP contribution in [0.1, 0.15) is 5.56 Å². The number of pyridine rings is 1. The van der Waals surface area contributed by atoms with Crippen molar-refractivity contribution in [3.63, 3.8) is 0 Å². The van der Waals surface area contributed by atoms with Crippen molar-refractivity contribution in [2.75, 3.05) is 0 Å². The SMILES string of the molecule is C=Cc1c2cc(Cl)ccc2nc2[nH]c3ccccc3c12. The fourth-order valence-corrected chi connectivity index (χ4v) is 2.94. The number of fused-ring (bicyclic) bond motifs is 4. The Morgan fingerprint density at radius 1 is 1.10 bits per heavy atom. The Morgan fingerprint density at radius 3 is 2.80 bits per heavy atom. The highest BCUT2D eigenvalue weighted by Crippen LogP contribution is 2.33. The van der Waals surface area contributed by atoms with Gasteiger partial charge < -0.3 is 4.98 Å². The van der Waals surface area contributed by atoms with Gasteiger partial charge in [0.2, 0.25) is 0 Å². The third-order valence-corrected chi connectivity index (χ3v) is 3.88. The van der Waals surface area contributed by atoms with E-state index < -0.39 is 0 Å². The van der Waals surface area contributed by atoms with Gasteiger partial charge >= 0.3 is 0 Å². The second-order valence-electron chi connectivity index (χ2n) is 4.79. The van der Waals surface area contributed by atoms with Crippen LogP contribution < -0.4 is 0 Å². The first kappa shape index (κ1) is 11.5. The highest BCUT2D eigenvalue weighted by atomic mass is 35.5. The van der Waals surface area contributed by atoms with Gasteiger partial charge in [0, 0.05) is 26.7 Å². The average Bonchev–Trinajstić information content (AvgIpc) is 2.83. The minimum Gasteiger partial charge on any atom is -0.339 e. The van der Waals surface area contributed by atoms with Crippen LogP contribution in [0.15, 0.2) is 49.0 Å². The van der Waals surface area contributed by atoms with Crippen LogP contribution in [-0.4, -0.2) is 9.97 Å². The first-order valence-corrected chi connectivity index (χ1v) is 6.78. The highest BCUT2D eigenvalue weighted by Gasteiger charge is 2.12. The van der Waals surface area contributed by atoms with Crippen LogP contribution in [0.5, 0.6) is 0 Å². The quantitative estimate of drug-likeness (QED) is 0.511. The molecule has 2 aromatic heterocycles. The molecule has 0 bridgehead atoms. The van der Waals surface area contributed by atoms with Gasteiger partial charge in [-0.05, 0) is 29.8 Å². The van der Waals surface area contributed by atoms with Crippen LogP contribution in [0.4, 0.5) is 0 Å². The summed E-state index contributed by atoms with van der Waals surface area (Å²) in [5.74, 6) is 0. The van der Waals surface area contributed by atoms with Gasteiger partial charge in [-0.25, -0.2) is 4.98 Å². The fraction of sp³-hybridized carbons (Fsp3) is 0. The van der Waals surface area contributed by atoms with Crippen LogP contribution in [0.2, 0.25) is 5.02 Å². The summed E-state index contributed by atoms with van der Waals surface area (Å²) in [5, 5.41) is 4.00. The minimum atomic E-state index is 0.710. The fourth-order valence-electron chi connectivity index (χ4n) is 2.77. The second kappa shape index (κ2) is 4.09. The number of nitrogens with zero attached hydrogens (tertiary/aromatic N) is 1. The molecule has 0 unspecified atom stereocenters. The number of rotatable bonds is 1. The molecular weight excluding hydrogens is 268 g/mol. The van der Waals surface area contributed by atoms with Crippen molar-refractivity contribution in [3.05, 3.63) is 59.6 Å². The lowest BCUT2D eigenvalue weighted by Gasteiger charge is -2.05. The maximum atomic E-state index is 6.12. The van der Waals surface area contributed by atoms with Crippen LogP contribution in [0.25, 0.3) is 38.9 Å². The zero-order chi connectivity index (χ0) is 13.7. The lowest BCUT2D eigenvalue weighted by atomic mass is 10.0. The molecule has 0 atom stereocenters. The van der Waals surface area contributed by atoms with Crippen molar-refractivity contribution in [2.45, 2.75) is 0 Å². The summed E-state index contributed by atoms with van der Waals surface area (Å²) in [4.78, 5) is 8.07. The van der Waals surface area contributed by atoms with E-state index in [0.717, 1.165) is 38.4 Å². The van der Waals surface area contributed by atoms with Crippen molar-refractivity contribution in [3.8, 4) is 0 Å². The summed E-state index contributed by atoms with van der Waals surface area (Å²) in [6.45, 7) is 3.96. The maximum absolute atomic E-state index is 6.12. The molecule has 0 aliphatic heterocycles. The molecule has 0 saturated carbocycles. The number of halogens is 1. The van der Waals surface area contributed by atoms with Crippen molar-refractivity contribution in [2.24, 2.45) is 0 Å². The van der Waals surface area contributed by atoms with Gasteiger partial charge in [-0.2, -0.15) is 0 Å². The second-order valence-corrected chi connectivity index (χ2v) is 5.22. The van der Waals surface area contributed by atoms with Gasteiger partial charge in [-0.3, -0.25) is 0 Å². The number of hydrogen-bond acceptors (Lipinski definition) is 1. The zero-order valence-corrected chi connectivity index (χ0v) is 11.4. The third-order valence-electron chi connectivity index (χ3n) is 3.64. The van der Waals surface area contributed by atoms with E-state index in [0.29, 0.717) is 5.02 Å². The summed E-state index contributed by atoms with van der Waals surface area (Å²) in [6, 6.07) is 13.9. The van der Waals surface area contributed by atoms with Crippen LogP contribution in [0.3, 0.4) is 0 Å². The van der Waals surface area contributed by atoms with Crippen molar-refractivity contribution in [1.29, 1.82) is 0 Å². The Kier molecular flexibility index (Phi) is 2.35. The Bertz CT molecular complexity index is 982. The molecule has 0 aliphatic rings. The van der Waals surface area contributed by atoms with Gasteiger partial charge in [0.05, 0.1) is 5.52 Å². The molecule has 20 heavy (non-hydrogen) atoms. The Balaban J connectivity index is 2.33. The molecule has 0 saturated heterocycles. The van der Waals surface area contributed by atoms with E-state index in [1.165, 1.54) is 0 Å². The van der Waals surface area contributed by atoms with E-state index in [2.05, 4.69) is 23.7 Å². The molecule has 2 nitrogen and oxygen atoms in total. The van der Waals surface area contributed by atoms with E-state index in [1.54, 1.807) is 0 Å². The predicted molar refractivity (Wildman–Crippen MR) is 86.2 cm³/mol. The molecule has 0 aliphatic carbocycles. The smallest absolute Gasteiger partial charge is 0.139 e. The summed E-state index contributed by atoms with van der Waals surface area (Å²) in [7, 11) is 0. The van der Waals surface area contributed by atoms with Gasteiger partial charge in [0.1, 0.15) is 5.65 Å². The van der Waals surface area contributed by atoms with Crippen molar-refractivity contribution < 1.29 is 0 Å².